The second-order valence-corrected chi connectivity index (χ2v) is 9.70. The van der Waals surface area contributed by atoms with Crippen LogP contribution in [0.1, 0.15) is 54.9 Å². The first kappa shape index (κ1) is 23.0. The van der Waals surface area contributed by atoms with E-state index in [1.165, 1.54) is 25.5 Å². The Bertz CT molecular complexity index is 1010. The molecule has 31 heavy (non-hydrogen) atoms. The highest BCUT2D eigenvalue weighted by atomic mass is 32.2. The number of benzene rings is 2. The minimum atomic E-state index is -3.70. The Morgan fingerprint density at radius 3 is 2.16 bits per heavy atom. The summed E-state index contributed by atoms with van der Waals surface area (Å²) in [6.45, 7) is 1.50. The van der Waals surface area contributed by atoms with Gasteiger partial charge in [-0.25, -0.2) is 13.1 Å². The fourth-order valence-corrected chi connectivity index (χ4v) is 4.80. The third-order valence-corrected chi connectivity index (χ3v) is 7.01. The summed E-state index contributed by atoms with van der Waals surface area (Å²) in [7, 11) is -1.84. The summed E-state index contributed by atoms with van der Waals surface area (Å²) >= 11 is 0. The molecule has 3 rings (SSSR count). The van der Waals surface area contributed by atoms with Crippen LogP contribution in [0.25, 0.3) is 0 Å². The molecule has 2 aromatic carbocycles. The normalized spacial score (nSPS) is 14.8. The first-order valence-electron chi connectivity index (χ1n) is 10.5. The Labute approximate surface area is 183 Å². The number of nitrogens with one attached hydrogen (secondary N) is 2. The van der Waals surface area contributed by atoms with Crippen molar-refractivity contribution >= 4 is 27.5 Å². The molecule has 0 spiro atoms. The van der Waals surface area contributed by atoms with E-state index in [4.69, 9.17) is 0 Å². The van der Waals surface area contributed by atoms with E-state index in [9.17, 15) is 18.0 Å². The zero-order chi connectivity index (χ0) is 22.4. The first-order valence-corrected chi connectivity index (χ1v) is 12.0. The Kier molecular flexibility index (Phi) is 7.46. The summed E-state index contributed by atoms with van der Waals surface area (Å²) < 4.78 is 27.6. The van der Waals surface area contributed by atoms with E-state index in [1.807, 2.05) is 11.9 Å². The van der Waals surface area contributed by atoms with Gasteiger partial charge in [-0.1, -0.05) is 31.4 Å². The molecule has 8 heteroatoms. The lowest BCUT2D eigenvalue weighted by Crippen LogP contribution is -2.38. The van der Waals surface area contributed by atoms with Crippen LogP contribution in [0.4, 0.5) is 5.69 Å². The fraction of sp³-hybridized carbons (Fsp3) is 0.391. The van der Waals surface area contributed by atoms with Crippen molar-refractivity contribution in [1.29, 1.82) is 0 Å². The molecule has 0 bridgehead atoms. The van der Waals surface area contributed by atoms with E-state index in [0.29, 0.717) is 17.3 Å². The van der Waals surface area contributed by atoms with Gasteiger partial charge in [-0.2, -0.15) is 0 Å². The van der Waals surface area contributed by atoms with E-state index in [-0.39, 0.29) is 23.3 Å². The van der Waals surface area contributed by atoms with Crippen LogP contribution in [0.2, 0.25) is 0 Å². The molecular weight excluding hydrogens is 414 g/mol. The number of sulfonamides is 1. The number of anilines is 1. The average Bonchev–Trinajstić information content (AvgIpc) is 2.78. The van der Waals surface area contributed by atoms with Gasteiger partial charge in [0.2, 0.25) is 15.9 Å². The zero-order valence-electron chi connectivity index (χ0n) is 17.9. The Morgan fingerprint density at radius 2 is 1.58 bits per heavy atom. The predicted molar refractivity (Wildman–Crippen MR) is 120 cm³/mol. The topological polar surface area (TPSA) is 95.6 Å². The second-order valence-electron chi connectivity index (χ2n) is 7.93. The molecule has 0 unspecified atom stereocenters. The van der Waals surface area contributed by atoms with Crippen molar-refractivity contribution in [2.45, 2.75) is 56.5 Å². The van der Waals surface area contributed by atoms with Gasteiger partial charge in [0.15, 0.2) is 0 Å². The number of amides is 2. The van der Waals surface area contributed by atoms with Crippen molar-refractivity contribution in [3.63, 3.8) is 0 Å². The van der Waals surface area contributed by atoms with Gasteiger partial charge in [0.25, 0.3) is 5.91 Å². The van der Waals surface area contributed by atoms with E-state index < -0.39 is 10.0 Å². The van der Waals surface area contributed by atoms with Gasteiger partial charge < -0.3 is 10.2 Å². The molecule has 7 nitrogen and oxygen atoms in total. The molecule has 1 aliphatic carbocycles. The average molecular weight is 444 g/mol. The molecule has 1 fully saturated rings. The fourth-order valence-electron chi connectivity index (χ4n) is 3.79. The number of nitrogens with zero attached hydrogens (tertiary/aromatic N) is 1. The molecule has 2 amide bonds. The van der Waals surface area contributed by atoms with Crippen LogP contribution in [-0.2, 0) is 21.4 Å². The molecule has 0 atom stereocenters. The van der Waals surface area contributed by atoms with Gasteiger partial charge in [-0.15, -0.1) is 0 Å². The molecule has 1 aliphatic rings. The van der Waals surface area contributed by atoms with Gasteiger partial charge in [-0.05, 0) is 54.8 Å². The summed E-state index contributed by atoms with van der Waals surface area (Å²) in [5.74, 6) is -0.223. The van der Waals surface area contributed by atoms with Crippen molar-refractivity contribution in [3.8, 4) is 0 Å². The van der Waals surface area contributed by atoms with Gasteiger partial charge >= 0.3 is 0 Å². The van der Waals surface area contributed by atoms with Crippen LogP contribution in [0.5, 0.6) is 0 Å². The first-order chi connectivity index (χ1) is 14.8. The number of hydrogen-bond donors (Lipinski definition) is 2. The predicted octanol–water partition coefficient (Wildman–Crippen LogP) is 3.53. The highest BCUT2D eigenvalue weighted by Crippen LogP contribution is 2.23. The van der Waals surface area contributed by atoms with Crippen LogP contribution in [0.3, 0.4) is 0 Å². The molecular formula is C23H29N3O4S. The van der Waals surface area contributed by atoms with E-state index >= 15 is 0 Å². The molecule has 0 heterocycles. The van der Waals surface area contributed by atoms with Gasteiger partial charge in [-0.3, -0.25) is 9.59 Å². The summed E-state index contributed by atoms with van der Waals surface area (Å²) in [5.41, 5.74) is 1.90. The maximum absolute atomic E-state index is 12.7. The lowest BCUT2D eigenvalue weighted by Gasteiger charge is -2.31. The third kappa shape index (κ3) is 6.15. The molecule has 0 radical (unpaired) electrons. The smallest absolute Gasteiger partial charge is 0.253 e. The monoisotopic (exact) mass is 443 g/mol. The minimum Gasteiger partial charge on any atom is -0.339 e. The van der Waals surface area contributed by atoms with Crippen molar-refractivity contribution < 1.29 is 18.0 Å². The van der Waals surface area contributed by atoms with Crippen LogP contribution >= 0.6 is 0 Å². The van der Waals surface area contributed by atoms with Crippen LogP contribution in [-0.4, -0.2) is 38.2 Å². The molecule has 0 saturated heterocycles. The van der Waals surface area contributed by atoms with Gasteiger partial charge in [0.1, 0.15) is 0 Å². The molecule has 166 valence electrons. The molecule has 0 aliphatic heterocycles. The van der Waals surface area contributed by atoms with Gasteiger partial charge in [0, 0.05) is 37.8 Å². The summed E-state index contributed by atoms with van der Waals surface area (Å²) in [5, 5.41) is 2.60. The van der Waals surface area contributed by atoms with Crippen molar-refractivity contribution in [2.24, 2.45) is 0 Å². The lowest BCUT2D eigenvalue weighted by molar-refractivity contribution is -0.114. The standard InChI is InChI=1S/C23H29N3O4S/c1-17(27)25-20-12-14-22(15-13-20)31(29,30)24-16-18-8-10-19(11-9-18)23(28)26(2)21-6-4-3-5-7-21/h8-15,21,24H,3-7,16H2,1-2H3,(H,25,27). The van der Waals surface area contributed by atoms with Crippen molar-refractivity contribution in [2.75, 3.05) is 12.4 Å². The van der Waals surface area contributed by atoms with E-state index in [1.54, 1.807) is 36.4 Å². The number of hydrogen-bond acceptors (Lipinski definition) is 4. The number of carbonyl (C=O) groups excluding carboxylic acids is 2. The Hall–Kier alpha value is -2.71. The Morgan fingerprint density at radius 1 is 0.968 bits per heavy atom. The molecule has 0 aromatic heterocycles. The van der Waals surface area contributed by atoms with Crippen molar-refractivity contribution in [3.05, 3.63) is 59.7 Å². The summed E-state index contributed by atoms with van der Waals surface area (Å²) in [6, 6.07) is 13.3. The molecule has 2 N–H and O–H groups in total. The third-order valence-electron chi connectivity index (χ3n) is 5.59. The zero-order valence-corrected chi connectivity index (χ0v) is 18.7. The van der Waals surface area contributed by atoms with Crippen LogP contribution < -0.4 is 10.0 Å². The number of rotatable bonds is 7. The van der Waals surface area contributed by atoms with E-state index in [2.05, 4.69) is 10.0 Å². The molecule has 1 saturated carbocycles. The van der Waals surface area contributed by atoms with Gasteiger partial charge in [0.05, 0.1) is 4.90 Å². The van der Waals surface area contributed by atoms with Crippen molar-refractivity contribution in [1.82, 2.24) is 9.62 Å². The highest BCUT2D eigenvalue weighted by Gasteiger charge is 2.23. The SMILES string of the molecule is CC(=O)Nc1ccc(S(=O)(=O)NCc2ccc(C(=O)N(C)C3CCCCC3)cc2)cc1. The molecule has 2 aromatic rings. The Balaban J connectivity index is 1.59. The summed E-state index contributed by atoms with van der Waals surface area (Å²) in [4.78, 5) is 25.8. The quantitative estimate of drug-likeness (QED) is 0.684. The number of carbonyl (C=O) groups is 2. The van der Waals surface area contributed by atoms with Crippen LogP contribution in [0, 0.1) is 0 Å². The van der Waals surface area contributed by atoms with Crippen LogP contribution in [0.15, 0.2) is 53.4 Å². The van der Waals surface area contributed by atoms with E-state index in [0.717, 1.165) is 31.2 Å². The second kappa shape index (κ2) is 10.1. The minimum absolute atomic E-state index is 0.00158. The highest BCUT2D eigenvalue weighted by molar-refractivity contribution is 7.89. The summed E-state index contributed by atoms with van der Waals surface area (Å²) in [6.07, 6.45) is 5.67. The largest absolute Gasteiger partial charge is 0.339 e. The lowest BCUT2D eigenvalue weighted by atomic mass is 9.94. The maximum Gasteiger partial charge on any atom is 0.253 e. The maximum atomic E-state index is 12.7.